The van der Waals surface area contributed by atoms with Crippen molar-refractivity contribution in [3.8, 4) is 0 Å². The number of hydrogen-bond acceptors (Lipinski definition) is 6. The molecule has 4 atom stereocenters. The van der Waals surface area contributed by atoms with Crippen LogP contribution in [0.15, 0.2) is 54.6 Å². The van der Waals surface area contributed by atoms with Crippen molar-refractivity contribution in [2.75, 3.05) is 13.3 Å². The van der Waals surface area contributed by atoms with E-state index in [9.17, 15) is 37.3 Å². The number of benzene rings is 2. The normalized spacial score (nSPS) is 20.2. The summed E-state index contributed by atoms with van der Waals surface area (Å²) in [6, 6.07) is 11.4. The standard InChI is InChI=1S/C36H45F2N6O6P/c1-43-28-16-13-24(36(37,38)51(2,3)50)19-23(28)20-30(43)34(48)42-27-12-8-7-11-25-14-17-29(44(25)35(27)49)33(47)41-26(15-18-31(39)45)32(46)40-21-22-9-5-4-6-10-22/h4-6,9-10,13,16,19-20,25-27,29H,7-8,11-12,14-15,17-18,21H2,1-3H3,(H2,39,45)(H,40,46)(H,41,47)(H,42,48)/t25?,26?,27-,29-/m0/s1. The van der Waals surface area contributed by atoms with Crippen molar-refractivity contribution in [3.05, 3.63) is 71.4 Å². The SMILES string of the molecule is Cn1c(C(=O)N[C@H]2CCCCC3CC[C@@H](C(=O)NC(CCC(N)=O)C(=O)NCc4ccccc4)N3C2=O)cc2cc(C(F)(F)P(C)(C)=O)ccc21. The van der Waals surface area contributed by atoms with E-state index >= 15 is 0 Å². The molecule has 1 aromatic heterocycles. The van der Waals surface area contributed by atoms with Gasteiger partial charge >= 0.3 is 5.66 Å². The molecule has 3 heterocycles. The lowest BCUT2D eigenvalue weighted by molar-refractivity contribution is -0.143. The second-order valence-electron chi connectivity index (χ2n) is 13.8. The molecule has 274 valence electrons. The molecule has 2 saturated heterocycles. The van der Waals surface area contributed by atoms with Gasteiger partial charge in [-0.3, -0.25) is 24.0 Å². The Labute approximate surface area is 295 Å². The van der Waals surface area contributed by atoms with E-state index in [2.05, 4.69) is 16.0 Å². The van der Waals surface area contributed by atoms with Crippen LogP contribution in [0, 0.1) is 0 Å². The molecule has 2 fully saturated rings. The average molecular weight is 727 g/mol. The van der Waals surface area contributed by atoms with E-state index in [1.54, 1.807) is 11.6 Å². The average Bonchev–Trinajstić information content (AvgIpc) is 3.66. The molecule has 2 aromatic carbocycles. The minimum atomic E-state index is -3.82. The minimum Gasteiger partial charge on any atom is -0.370 e. The largest absolute Gasteiger partial charge is 0.370 e. The van der Waals surface area contributed by atoms with E-state index in [0.29, 0.717) is 43.0 Å². The summed E-state index contributed by atoms with van der Waals surface area (Å²) in [6.07, 6.45) is 3.20. The molecule has 0 radical (unpaired) electrons. The smallest absolute Gasteiger partial charge is 0.322 e. The van der Waals surface area contributed by atoms with Gasteiger partial charge in [0.1, 0.15) is 23.8 Å². The van der Waals surface area contributed by atoms with Crippen LogP contribution in [0.1, 0.15) is 73.0 Å². The highest BCUT2D eigenvalue weighted by atomic mass is 31.2. The van der Waals surface area contributed by atoms with Gasteiger partial charge in [0, 0.05) is 42.5 Å². The van der Waals surface area contributed by atoms with Crippen LogP contribution >= 0.6 is 7.14 Å². The number of carbonyl (C=O) groups is 5. The van der Waals surface area contributed by atoms with Crippen LogP contribution in [0.2, 0.25) is 0 Å². The molecule has 2 aliphatic rings. The number of fused-ring (bicyclic) bond motifs is 2. The maximum atomic E-state index is 14.9. The molecule has 0 aliphatic carbocycles. The highest BCUT2D eigenvalue weighted by Gasteiger charge is 2.46. The second-order valence-corrected chi connectivity index (χ2v) is 17.1. The molecule has 5 rings (SSSR count). The van der Waals surface area contributed by atoms with Gasteiger partial charge in [-0.05, 0) is 69.2 Å². The summed E-state index contributed by atoms with van der Waals surface area (Å²) in [5.74, 6) is -2.66. The van der Waals surface area contributed by atoms with E-state index in [4.69, 9.17) is 5.73 Å². The molecular weight excluding hydrogens is 681 g/mol. The first kappa shape index (κ1) is 37.7. The Morgan fingerprint density at radius 1 is 1.00 bits per heavy atom. The number of nitrogens with two attached hydrogens (primary N) is 1. The Kier molecular flexibility index (Phi) is 11.3. The lowest BCUT2D eigenvalue weighted by atomic mass is 9.98. The summed E-state index contributed by atoms with van der Waals surface area (Å²) in [6.45, 7) is 2.26. The number of rotatable bonds is 12. The molecule has 3 aromatic rings. The Morgan fingerprint density at radius 2 is 1.71 bits per heavy atom. The van der Waals surface area contributed by atoms with Crippen LogP contribution in [0.5, 0.6) is 0 Å². The molecule has 15 heteroatoms. The van der Waals surface area contributed by atoms with Crippen molar-refractivity contribution in [1.82, 2.24) is 25.4 Å². The van der Waals surface area contributed by atoms with Gasteiger partial charge in [-0.25, -0.2) is 0 Å². The summed E-state index contributed by atoms with van der Waals surface area (Å²) in [5, 5.41) is 8.73. The molecule has 5 amide bonds. The number of alkyl halides is 2. The molecule has 12 nitrogen and oxygen atoms in total. The van der Waals surface area contributed by atoms with E-state index in [1.165, 1.54) is 29.2 Å². The van der Waals surface area contributed by atoms with Gasteiger partial charge in [-0.1, -0.05) is 49.2 Å². The Morgan fingerprint density at radius 3 is 2.39 bits per heavy atom. The fourth-order valence-electron chi connectivity index (χ4n) is 6.95. The molecule has 5 N–H and O–H groups in total. The lowest BCUT2D eigenvalue weighted by Crippen LogP contribution is -2.58. The van der Waals surface area contributed by atoms with Gasteiger partial charge in [0.15, 0.2) is 7.14 Å². The van der Waals surface area contributed by atoms with Gasteiger partial charge in [-0.15, -0.1) is 0 Å². The number of carbonyl (C=O) groups excluding carboxylic acids is 5. The van der Waals surface area contributed by atoms with Gasteiger partial charge in [-0.2, -0.15) is 8.78 Å². The van der Waals surface area contributed by atoms with Crippen molar-refractivity contribution in [2.45, 2.75) is 87.7 Å². The molecule has 51 heavy (non-hydrogen) atoms. The molecule has 0 bridgehead atoms. The van der Waals surface area contributed by atoms with E-state index in [1.807, 2.05) is 30.3 Å². The lowest BCUT2D eigenvalue weighted by Gasteiger charge is -2.35. The third-order valence-electron chi connectivity index (χ3n) is 9.86. The predicted molar refractivity (Wildman–Crippen MR) is 188 cm³/mol. The van der Waals surface area contributed by atoms with E-state index < -0.39 is 66.0 Å². The number of nitrogens with one attached hydrogen (secondary N) is 3. The summed E-state index contributed by atoms with van der Waals surface area (Å²) in [7, 11) is -2.20. The van der Waals surface area contributed by atoms with Crippen molar-refractivity contribution in [3.63, 3.8) is 0 Å². The van der Waals surface area contributed by atoms with Crippen LogP contribution in [0.25, 0.3) is 10.9 Å². The molecule has 0 saturated carbocycles. The number of halogens is 2. The highest BCUT2D eigenvalue weighted by Crippen LogP contribution is 2.60. The molecule has 0 spiro atoms. The first-order chi connectivity index (χ1) is 24.1. The number of hydrogen-bond donors (Lipinski definition) is 4. The van der Waals surface area contributed by atoms with Crippen molar-refractivity contribution in [1.29, 1.82) is 0 Å². The topological polar surface area (TPSA) is 173 Å². The van der Waals surface area contributed by atoms with E-state index in [0.717, 1.165) is 25.3 Å². The predicted octanol–water partition coefficient (Wildman–Crippen LogP) is 3.95. The zero-order chi connectivity index (χ0) is 37.1. The quantitative estimate of drug-likeness (QED) is 0.206. The fourth-order valence-corrected chi connectivity index (χ4v) is 7.71. The Hall–Kier alpha value is -4.58. The monoisotopic (exact) mass is 726 g/mol. The Bertz CT molecular complexity index is 1860. The van der Waals surface area contributed by atoms with Crippen LogP contribution in [-0.2, 0) is 43.0 Å². The van der Waals surface area contributed by atoms with E-state index in [-0.39, 0.29) is 31.1 Å². The van der Waals surface area contributed by atoms with Crippen LogP contribution in [0.3, 0.4) is 0 Å². The first-order valence-electron chi connectivity index (χ1n) is 17.1. The summed E-state index contributed by atoms with van der Waals surface area (Å²) < 4.78 is 43.6. The molecule has 2 aliphatic heterocycles. The Balaban J connectivity index is 1.32. The number of aryl methyl sites for hydroxylation is 1. The highest BCUT2D eigenvalue weighted by molar-refractivity contribution is 7.63. The van der Waals surface area contributed by atoms with Gasteiger partial charge < -0.3 is 35.7 Å². The summed E-state index contributed by atoms with van der Waals surface area (Å²) in [4.78, 5) is 67.8. The number of amides is 5. The van der Waals surface area contributed by atoms with Crippen LogP contribution < -0.4 is 21.7 Å². The molecular formula is C36H45F2N6O6P. The van der Waals surface area contributed by atoms with Crippen LogP contribution in [-0.4, -0.2) is 76.5 Å². The van der Waals surface area contributed by atoms with Gasteiger partial charge in [0.25, 0.3) is 5.91 Å². The third-order valence-corrected chi connectivity index (χ3v) is 11.5. The third kappa shape index (κ3) is 8.32. The first-order valence-corrected chi connectivity index (χ1v) is 19.7. The number of aromatic nitrogens is 1. The van der Waals surface area contributed by atoms with Gasteiger partial charge in [0.2, 0.25) is 23.6 Å². The second kappa shape index (κ2) is 15.3. The van der Waals surface area contributed by atoms with Crippen molar-refractivity contribution >= 4 is 47.6 Å². The zero-order valence-corrected chi connectivity index (χ0v) is 29.9. The molecule has 2 unspecified atom stereocenters. The summed E-state index contributed by atoms with van der Waals surface area (Å²) in [5.41, 5.74) is 2.88. The maximum Gasteiger partial charge on any atom is 0.322 e. The number of primary amides is 1. The van der Waals surface area contributed by atoms with Crippen LogP contribution in [0.4, 0.5) is 8.78 Å². The van der Waals surface area contributed by atoms with Crippen molar-refractivity contribution < 1.29 is 37.3 Å². The van der Waals surface area contributed by atoms with Gasteiger partial charge in [0.05, 0.1) is 0 Å². The fraction of sp³-hybridized carbons (Fsp3) is 0.472. The maximum absolute atomic E-state index is 14.9. The zero-order valence-electron chi connectivity index (χ0n) is 29.0. The minimum absolute atomic E-state index is 0.0230. The van der Waals surface area contributed by atoms with Crippen molar-refractivity contribution in [2.24, 2.45) is 12.8 Å². The number of nitrogens with zero attached hydrogens (tertiary/aromatic N) is 2. The summed E-state index contributed by atoms with van der Waals surface area (Å²) >= 11 is 0.